The van der Waals surface area contributed by atoms with E-state index in [1.165, 1.54) is 0 Å². The van der Waals surface area contributed by atoms with E-state index < -0.39 is 0 Å². The van der Waals surface area contributed by atoms with Gasteiger partial charge in [0, 0.05) is 30.8 Å². The maximum Gasteiger partial charge on any atom is 0.415 e. The first-order valence-corrected chi connectivity index (χ1v) is 9.10. The van der Waals surface area contributed by atoms with Gasteiger partial charge in [-0.15, -0.1) is 0 Å². The lowest BCUT2D eigenvalue weighted by molar-refractivity contribution is 0.135. The molecule has 4 rings (SSSR count). The van der Waals surface area contributed by atoms with Gasteiger partial charge in [-0.05, 0) is 31.9 Å². The molecule has 2 aromatic heterocycles. The number of hydrogen-bond acceptors (Lipinski definition) is 5. The smallest absolute Gasteiger partial charge is 0.415 e. The van der Waals surface area contributed by atoms with E-state index in [2.05, 4.69) is 9.97 Å². The Balaban J connectivity index is 1.36. The number of aromatic nitrogens is 2. The molecule has 0 spiro atoms. The molecule has 1 saturated heterocycles. The zero-order valence-electron chi connectivity index (χ0n) is 15.2. The average molecular weight is 363 g/mol. The Bertz CT molecular complexity index is 915. The van der Waals surface area contributed by atoms with Crippen LogP contribution < -0.4 is 4.74 Å². The van der Waals surface area contributed by atoms with E-state index in [0.29, 0.717) is 24.5 Å². The van der Waals surface area contributed by atoms with E-state index >= 15 is 0 Å². The molecule has 0 unspecified atom stereocenters. The number of carbonyl (C=O) groups is 1. The molecule has 27 heavy (non-hydrogen) atoms. The molecule has 3 heterocycles. The lowest BCUT2D eigenvalue weighted by Gasteiger charge is -2.29. The normalized spacial score (nSPS) is 14.9. The molecule has 0 bridgehead atoms. The summed E-state index contributed by atoms with van der Waals surface area (Å²) in [6.07, 6.45) is 4.65. The highest BCUT2D eigenvalue weighted by atomic mass is 16.6. The number of hydrogen-bond donors (Lipinski definition) is 0. The van der Waals surface area contributed by atoms with Crippen molar-refractivity contribution in [3.05, 3.63) is 66.5 Å². The molecule has 1 aliphatic rings. The summed E-state index contributed by atoms with van der Waals surface area (Å²) in [6, 6.07) is 13.5. The first-order chi connectivity index (χ1) is 13.2. The standard InChI is InChI=1S/C21H21N3O3/c1-15-19(8-5-11-22-15)27-21(25)24-12-9-17(10-13-24)20-23-18(14-26-20)16-6-3-2-4-7-16/h2-8,11,14,17H,9-10,12-13H2,1H3. The van der Waals surface area contributed by atoms with Gasteiger partial charge in [-0.1, -0.05) is 30.3 Å². The topological polar surface area (TPSA) is 68.5 Å². The molecule has 6 nitrogen and oxygen atoms in total. The highest BCUT2D eigenvalue weighted by molar-refractivity contribution is 5.71. The van der Waals surface area contributed by atoms with Crippen LogP contribution in [0.3, 0.4) is 0 Å². The van der Waals surface area contributed by atoms with Gasteiger partial charge in [-0.3, -0.25) is 4.98 Å². The van der Waals surface area contributed by atoms with E-state index in [9.17, 15) is 4.79 Å². The van der Waals surface area contributed by atoms with Gasteiger partial charge in [0.15, 0.2) is 11.6 Å². The molecule has 0 N–H and O–H groups in total. The second-order valence-corrected chi connectivity index (χ2v) is 6.65. The van der Waals surface area contributed by atoms with Crippen molar-refractivity contribution in [2.75, 3.05) is 13.1 Å². The number of ether oxygens (including phenoxy) is 1. The minimum absolute atomic E-state index is 0.214. The summed E-state index contributed by atoms with van der Waals surface area (Å²) in [5.41, 5.74) is 2.59. The van der Waals surface area contributed by atoms with Crippen LogP contribution in [-0.4, -0.2) is 34.1 Å². The quantitative estimate of drug-likeness (QED) is 0.689. The summed E-state index contributed by atoms with van der Waals surface area (Å²) >= 11 is 0. The molecule has 0 aliphatic carbocycles. The molecular formula is C21H21N3O3. The molecular weight excluding hydrogens is 342 g/mol. The summed E-state index contributed by atoms with van der Waals surface area (Å²) in [4.78, 5) is 22.9. The van der Waals surface area contributed by atoms with Crippen molar-refractivity contribution in [3.63, 3.8) is 0 Å². The predicted molar refractivity (Wildman–Crippen MR) is 100 cm³/mol. The zero-order valence-corrected chi connectivity index (χ0v) is 15.2. The second kappa shape index (κ2) is 7.61. The van der Waals surface area contributed by atoms with Crippen molar-refractivity contribution in [3.8, 4) is 17.0 Å². The SMILES string of the molecule is Cc1ncccc1OC(=O)N1CCC(c2nc(-c3ccccc3)co2)CC1. The van der Waals surface area contributed by atoms with Crippen molar-refractivity contribution in [1.29, 1.82) is 0 Å². The Morgan fingerprint density at radius 1 is 1.15 bits per heavy atom. The van der Waals surface area contributed by atoms with E-state index in [1.807, 2.05) is 37.3 Å². The van der Waals surface area contributed by atoms with Gasteiger partial charge in [0.1, 0.15) is 12.0 Å². The number of rotatable bonds is 3. The zero-order chi connectivity index (χ0) is 18.6. The largest absolute Gasteiger partial charge is 0.448 e. The fraction of sp³-hybridized carbons (Fsp3) is 0.286. The van der Waals surface area contributed by atoms with Crippen molar-refractivity contribution in [2.24, 2.45) is 0 Å². The molecule has 1 fully saturated rings. The summed E-state index contributed by atoms with van der Waals surface area (Å²) in [7, 11) is 0. The maximum absolute atomic E-state index is 12.4. The van der Waals surface area contributed by atoms with E-state index in [1.54, 1.807) is 29.5 Å². The van der Waals surface area contributed by atoms with Gasteiger partial charge in [-0.2, -0.15) is 0 Å². The van der Waals surface area contributed by atoms with Crippen LogP contribution in [0.15, 0.2) is 59.3 Å². The Morgan fingerprint density at radius 2 is 1.93 bits per heavy atom. The number of carbonyl (C=O) groups excluding carboxylic acids is 1. The molecule has 6 heteroatoms. The van der Waals surface area contributed by atoms with Gasteiger partial charge < -0.3 is 14.1 Å². The molecule has 0 radical (unpaired) electrons. The van der Waals surface area contributed by atoms with Crippen LogP contribution in [0.25, 0.3) is 11.3 Å². The number of oxazole rings is 1. The minimum atomic E-state index is -0.332. The predicted octanol–water partition coefficient (Wildman–Crippen LogP) is 4.42. The van der Waals surface area contributed by atoms with E-state index in [-0.39, 0.29) is 12.0 Å². The fourth-order valence-corrected chi connectivity index (χ4v) is 3.26. The van der Waals surface area contributed by atoms with Gasteiger partial charge in [0.25, 0.3) is 0 Å². The third-order valence-corrected chi connectivity index (χ3v) is 4.85. The Morgan fingerprint density at radius 3 is 2.67 bits per heavy atom. The average Bonchev–Trinajstić information content (AvgIpc) is 3.21. The Hall–Kier alpha value is -3.15. The van der Waals surface area contributed by atoms with Gasteiger partial charge in [0.05, 0.1) is 5.69 Å². The van der Waals surface area contributed by atoms with Crippen molar-refractivity contribution in [2.45, 2.75) is 25.7 Å². The van der Waals surface area contributed by atoms with Crippen molar-refractivity contribution >= 4 is 6.09 Å². The fourth-order valence-electron chi connectivity index (χ4n) is 3.26. The van der Waals surface area contributed by atoms with E-state index in [4.69, 9.17) is 9.15 Å². The number of nitrogens with zero attached hydrogens (tertiary/aromatic N) is 3. The monoisotopic (exact) mass is 363 g/mol. The van der Waals surface area contributed by atoms with Gasteiger partial charge >= 0.3 is 6.09 Å². The summed E-state index contributed by atoms with van der Waals surface area (Å²) in [6.45, 7) is 3.06. The third kappa shape index (κ3) is 3.84. The van der Waals surface area contributed by atoms with Crippen molar-refractivity contribution < 1.29 is 13.9 Å². The number of piperidine rings is 1. The van der Waals surface area contributed by atoms with Crippen LogP contribution in [0, 0.1) is 6.92 Å². The maximum atomic E-state index is 12.4. The number of likely N-dealkylation sites (tertiary alicyclic amines) is 1. The molecule has 0 atom stereocenters. The molecule has 138 valence electrons. The number of amides is 1. The Labute approximate surface area is 157 Å². The second-order valence-electron chi connectivity index (χ2n) is 6.65. The summed E-state index contributed by atoms with van der Waals surface area (Å²) in [5.74, 6) is 1.46. The lowest BCUT2D eigenvalue weighted by atomic mass is 9.97. The molecule has 3 aromatic rings. The van der Waals surface area contributed by atoms with Crippen LogP contribution in [0.2, 0.25) is 0 Å². The molecule has 1 aliphatic heterocycles. The minimum Gasteiger partial charge on any atom is -0.448 e. The van der Waals surface area contributed by atoms with Crippen molar-refractivity contribution in [1.82, 2.24) is 14.9 Å². The van der Waals surface area contributed by atoms with Crippen LogP contribution in [0.5, 0.6) is 5.75 Å². The molecule has 0 saturated carbocycles. The number of pyridine rings is 1. The van der Waals surface area contributed by atoms with E-state index in [0.717, 1.165) is 30.0 Å². The van der Waals surface area contributed by atoms with Gasteiger partial charge in [0.2, 0.25) is 0 Å². The first-order valence-electron chi connectivity index (χ1n) is 9.10. The highest BCUT2D eigenvalue weighted by Gasteiger charge is 2.28. The molecule has 1 amide bonds. The Kier molecular flexibility index (Phi) is 4.87. The third-order valence-electron chi connectivity index (χ3n) is 4.85. The lowest BCUT2D eigenvalue weighted by Crippen LogP contribution is -2.39. The van der Waals surface area contributed by atoms with Crippen LogP contribution >= 0.6 is 0 Å². The summed E-state index contributed by atoms with van der Waals surface area (Å²) < 4.78 is 11.2. The number of aryl methyl sites for hydroxylation is 1. The van der Waals surface area contributed by atoms with Gasteiger partial charge in [-0.25, -0.2) is 9.78 Å². The van der Waals surface area contributed by atoms with Crippen LogP contribution in [0.4, 0.5) is 4.79 Å². The number of benzene rings is 1. The van der Waals surface area contributed by atoms with Crippen LogP contribution in [-0.2, 0) is 0 Å². The molecule has 1 aromatic carbocycles. The summed E-state index contributed by atoms with van der Waals surface area (Å²) in [5, 5.41) is 0. The van der Waals surface area contributed by atoms with Crippen LogP contribution in [0.1, 0.15) is 30.3 Å². The first kappa shape index (κ1) is 17.3. The highest BCUT2D eigenvalue weighted by Crippen LogP contribution is 2.30.